The molecule has 4 aromatic rings. The first kappa shape index (κ1) is 25.0. The molecule has 1 fully saturated rings. The molecule has 0 radical (unpaired) electrons. The van der Waals surface area contributed by atoms with Crippen LogP contribution in [-0.2, 0) is 13.6 Å². The summed E-state index contributed by atoms with van der Waals surface area (Å²) in [6.45, 7) is 1.43. The maximum absolute atomic E-state index is 14.0. The smallest absolute Gasteiger partial charge is 0.335 e. The molecule has 1 aliphatic rings. The number of nitrogens with two attached hydrogens (primary N) is 1. The van der Waals surface area contributed by atoms with E-state index in [-0.39, 0.29) is 36.1 Å². The van der Waals surface area contributed by atoms with Gasteiger partial charge < -0.3 is 24.9 Å². The fraction of sp³-hybridized carbons (Fsp3) is 0.292. The normalized spacial score (nSPS) is 16.0. The van der Waals surface area contributed by atoms with Gasteiger partial charge in [0.2, 0.25) is 5.95 Å². The second kappa shape index (κ2) is 9.49. The zero-order valence-electron chi connectivity index (χ0n) is 18.9. The molecule has 35 heavy (non-hydrogen) atoms. The number of aromatic carboxylic acids is 1. The molecule has 1 saturated heterocycles. The molecule has 2 aromatic heterocycles. The maximum Gasteiger partial charge on any atom is 0.335 e. The average molecular weight is 520 g/mol. The zero-order valence-corrected chi connectivity index (χ0v) is 20.4. The quantitative estimate of drug-likeness (QED) is 0.425. The van der Waals surface area contributed by atoms with Gasteiger partial charge in [0.1, 0.15) is 16.9 Å². The summed E-state index contributed by atoms with van der Waals surface area (Å²) in [4.78, 5) is 31.9. The van der Waals surface area contributed by atoms with Crippen LogP contribution in [0.25, 0.3) is 21.9 Å². The highest BCUT2D eigenvalue weighted by Gasteiger charge is 2.26. The molecule has 11 heteroatoms. The number of hydrogen-bond acceptors (Lipinski definition) is 5. The Hall–Kier alpha value is -3.14. The minimum Gasteiger partial charge on any atom is -0.478 e. The second-order valence-electron chi connectivity index (χ2n) is 8.68. The van der Waals surface area contributed by atoms with E-state index in [1.807, 2.05) is 4.90 Å². The van der Waals surface area contributed by atoms with Crippen LogP contribution in [0.5, 0.6) is 0 Å². The largest absolute Gasteiger partial charge is 0.478 e. The number of benzene rings is 2. The van der Waals surface area contributed by atoms with Crippen LogP contribution in [0.1, 0.15) is 28.8 Å². The monoisotopic (exact) mass is 519 g/mol. The second-order valence-corrected chi connectivity index (χ2v) is 9.09. The van der Waals surface area contributed by atoms with E-state index in [9.17, 15) is 19.1 Å². The Morgan fingerprint density at radius 2 is 2.06 bits per heavy atom. The predicted octanol–water partition coefficient (Wildman–Crippen LogP) is 3.78. The maximum atomic E-state index is 14.0. The minimum absolute atomic E-state index is 0. The van der Waals surface area contributed by atoms with Crippen molar-refractivity contribution in [1.29, 1.82) is 0 Å². The lowest BCUT2D eigenvalue weighted by Crippen LogP contribution is -2.44. The lowest BCUT2D eigenvalue weighted by molar-refractivity contribution is 0.0697. The molecule has 184 valence electrons. The third-order valence-corrected chi connectivity index (χ3v) is 6.76. The summed E-state index contributed by atoms with van der Waals surface area (Å²) in [7, 11) is 1.60. The molecule has 0 unspecified atom stereocenters. The summed E-state index contributed by atoms with van der Waals surface area (Å²) in [5.74, 6) is -0.953. The van der Waals surface area contributed by atoms with Gasteiger partial charge in [-0.3, -0.25) is 4.79 Å². The van der Waals surface area contributed by atoms with Crippen molar-refractivity contribution < 1.29 is 14.3 Å². The van der Waals surface area contributed by atoms with E-state index in [0.29, 0.717) is 45.0 Å². The highest BCUT2D eigenvalue weighted by molar-refractivity contribution is 6.31. The summed E-state index contributed by atoms with van der Waals surface area (Å²) in [5, 5.41) is 10.4. The topological polar surface area (TPSA) is 106 Å². The van der Waals surface area contributed by atoms with E-state index >= 15 is 0 Å². The molecule has 1 aliphatic heterocycles. The number of carboxylic acid groups (broad SMARTS) is 1. The summed E-state index contributed by atoms with van der Waals surface area (Å²) in [6.07, 6.45) is 1.78. The van der Waals surface area contributed by atoms with Crippen molar-refractivity contribution in [1.82, 2.24) is 14.1 Å². The first-order chi connectivity index (χ1) is 16.2. The molecule has 3 heterocycles. The number of hydrogen-bond donors (Lipinski definition) is 2. The fourth-order valence-electron chi connectivity index (χ4n) is 4.67. The first-order valence-electron chi connectivity index (χ1n) is 11.0. The van der Waals surface area contributed by atoms with Gasteiger partial charge in [-0.15, -0.1) is 12.4 Å². The summed E-state index contributed by atoms with van der Waals surface area (Å²) in [5.41, 5.74) is 7.75. The van der Waals surface area contributed by atoms with Gasteiger partial charge in [0.15, 0.2) is 0 Å². The molecule has 0 spiro atoms. The third kappa shape index (κ3) is 4.35. The lowest BCUT2D eigenvalue weighted by Gasteiger charge is -2.32. The molecule has 1 atom stereocenters. The molecule has 0 bridgehead atoms. The molecule has 8 nitrogen and oxygen atoms in total. The van der Waals surface area contributed by atoms with Gasteiger partial charge in [-0.2, -0.15) is 0 Å². The predicted molar refractivity (Wildman–Crippen MR) is 137 cm³/mol. The number of carbonyl (C=O) groups is 1. The van der Waals surface area contributed by atoms with Gasteiger partial charge in [0.25, 0.3) is 5.56 Å². The van der Waals surface area contributed by atoms with E-state index in [0.717, 1.165) is 19.4 Å². The Kier molecular flexibility index (Phi) is 6.77. The molecule has 2 aromatic carbocycles. The SMILES string of the molecule is Cl.Cn1c(=O)c2c(nc(N3CCC[C@@H](N)C3)n2Cc2cc(F)ccc2Cl)c2ccc(C(=O)O)cc21. The van der Waals surface area contributed by atoms with Crippen molar-refractivity contribution in [2.75, 3.05) is 18.0 Å². The highest BCUT2D eigenvalue weighted by atomic mass is 35.5. The molecule has 0 aliphatic carbocycles. The Morgan fingerprint density at radius 3 is 2.77 bits per heavy atom. The van der Waals surface area contributed by atoms with Crippen molar-refractivity contribution >= 4 is 57.9 Å². The number of nitrogens with zero attached hydrogens (tertiary/aromatic N) is 4. The Morgan fingerprint density at radius 1 is 1.29 bits per heavy atom. The molecular weight excluding hydrogens is 496 g/mol. The standard InChI is InChI=1S/C24H23ClFN5O3.ClH/c1-29-19-10-13(23(33)34)4-6-17(19)20-21(22(29)32)31(11-14-9-15(26)5-7-18(14)25)24(28-20)30-8-2-3-16(27)12-30;/h4-7,9-10,16H,2-3,8,11-12,27H2,1H3,(H,33,34);1H/t16-;/m1./s1. The van der Waals surface area contributed by atoms with Gasteiger partial charge in [-0.1, -0.05) is 11.6 Å². The van der Waals surface area contributed by atoms with Crippen LogP contribution in [-0.4, -0.2) is 44.3 Å². The third-order valence-electron chi connectivity index (χ3n) is 6.39. The number of anilines is 1. The number of aryl methyl sites for hydroxylation is 1. The van der Waals surface area contributed by atoms with Crippen LogP contribution in [0.3, 0.4) is 0 Å². The van der Waals surface area contributed by atoms with E-state index in [1.54, 1.807) is 17.7 Å². The number of pyridine rings is 1. The van der Waals surface area contributed by atoms with Crippen molar-refractivity contribution in [2.45, 2.75) is 25.4 Å². The number of fused-ring (bicyclic) bond motifs is 3. The Labute approximate surface area is 211 Å². The summed E-state index contributed by atoms with van der Waals surface area (Å²) >= 11 is 6.37. The first-order valence-corrected chi connectivity index (χ1v) is 11.3. The van der Waals surface area contributed by atoms with Crippen molar-refractivity contribution in [2.24, 2.45) is 12.8 Å². The van der Waals surface area contributed by atoms with Gasteiger partial charge in [0.05, 0.1) is 17.6 Å². The van der Waals surface area contributed by atoms with Gasteiger partial charge in [-0.05, 0) is 54.8 Å². The van der Waals surface area contributed by atoms with Crippen molar-refractivity contribution in [3.63, 3.8) is 0 Å². The van der Waals surface area contributed by atoms with E-state index < -0.39 is 11.8 Å². The number of aromatic nitrogens is 3. The number of carboxylic acids is 1. The average Bonchev–Trinajstić information content (AvgIpc) is 3.19. The van der Waals surface area contributed by atoms with Crippen molar-refractivity contribution in [3.05, 3.63) is 68.7 Å². The van der Waals surface area contributed by atoms with Crippen LogP contribution in [0.4, 0.5) is 10.3 Å². The van der Waals surface area contributed by atoms with E-state index in [4.69, 9.17) is 22.3 Å². The van der Waals surface area contributed by atoms with Gasteiger partial charge >= 0.3 is 5.97 Å². The number of rotatable bonds is 4. The van der Waals surface area contributed by atoms with Crippen LogP contribution in [0, 0.1) is 5.82 Å². The minimum atomic E-state index is -1.08. The molecular formula is C24H24Cl2FN5O3. The van der Waals surface area contributed by atoms with Crippen LogP contribution in [0.15, 0.2) is 41.2 Å². The number of imidazole rings is 1. The molecule has 0 amide bonds. The number of halogens is 3. The summed E-state index contributed by atoms with van der Waals surface area (Å²) < 4.78 is 17.2. The highest BCUT2D eigenvalue weighted by Crippen LogP contribution is 2.31. The van der Waals surface area contributed by atoms with E-state index in [2.05, 4.69) is 0 Å². The number of piperidine rings is 1. The van der Waals surface area contributed by atoms with Crippen LogP contribution >= 0.6 is 24.0 Å². The Balaban J connectivity index is 0.00000289. The Bertz CT molecular complexity index is 1520. The zero-order chi connectivity index (χ0) is 24.1. The van der Waals surface area contributed by atoms with Crippen molar-refractivity contribution in [3.8, 4) is 0 Å². The van der Waals surface area contributed by atoms with Crippen LogP contribution in [0.2, 0.25) is 5.02 Å². The summed E-state index contributed by atoms with van der Waals surface area (Å²) in [6, 6.07) is 8.73. The molecule has 5 rings (SSSR count). The fourth-order valence-corrected chi connectivity index (χ4v) is 4.85. The lowest BCUT2D eigenvalue weighted by atomic mass is 10.1. The van der Waals surface area contributed by atoms with Gasteiger partial charge in [0, 0.05) is 36.6 Å². The van der Waals surface area contributed by atoms with Gasteiger partial charge in [-0.25, -0.2) is 14.2 Å². The molecule has 0 saturated carbocycles. The van der Waals surface area contributed by atoms with E-state index in [1.165, 1.54) is 34.9 Å². The molecule has 3 N–H and O–H groups in total. The van der Waals surface area contributed by atoms with Crippen LogP contribution < -0.4 is 16.2 Å².